The van der Waals surface area contributed by atoms with E-state index in [9.17, 15) is 42.5 Å². The van der Waals surface area contributed by atoms with Crippen molar-refractivity contribution in [3.8, 4) is 50.6 Å². The van der Waals surface area contributed by atoms with Gasteiger partial charge in [-0.3, -0.25) is 28.1 Å². The maximum absolute atomic E-state index is 14.2. The molecule has 0 N–H and O–H groups in total. The number of ether oxygens (including phenoxy) is 3. The molecule has 0 amide bonds. The van der Waals surface area contributed by atoms with Crippen LogP contribution in [0.2, 0.25) is 0 Å². The van der Waals surface area contributed by atoms with Crippen LogP contribution >= 0.6 is 22.1 Å². The number of carbonyl (C=O) groups is 3. The second-order valence-electron chi connectivity index (χ2n) is 17.7. The van der Waals surface area contributed by atoms with Crippen LogP contribution < -0.4 is 46.6 Å². The molecule has 4 heterocycles. The van der Waals surface area contributed by atoms with Gasteiger partial charge in [0.15, 0.2) is 0 Å². The quantitative estimate of drug-likeness (QED) is 0.0481. The van der Waals surface area contributed by atoms with Gasteiger partial charge in [-0.1, -0.05) is 109 Å². The zero-order chi connectivity index (χ0) is 52.3. The summed E-state index contributed by atoms with van der Waals surface area (Å²) < 4.78 is 78.9. The SMILES string of the molecule is O=C(CCP1(=O)Oc2ccccc2-c2ccccc21)OCCn1c(=O)n(CCOC(=O)CCP2(=O)Oc3ccccc3-c3ccccc32)c(=O)n(CCOC(=O)CCP2(=O)Oc3ccccc3-c3ccccc32)c1=O. The molecule has 6 aromatic carbocycles. The summed E-state index contributed by atoms with van der Waals surface area (Å²) in [4.78, 5) is 81.2. The average Bonchev–Trinajstić information content (AvgIpc) is 3.42. The number of aromatic nitrogens is 3. The number of esters is 3. The van der Waals surface area contributed by atoms with Gasteiger partial charge in [0.05, 0.1) is 54.8 Å². The summed E-state index contributed by atoms with van der Waals surface area (Å²) in [5.41, 5.74) is 1.11. The molecule has 7 aromatic rings. The second-order valence-corrected chi connectivity index (χ2v) is 25.1. The Morgan fingerprint density at radius 1 is 0.360 bits per heavy atom. The standard InChI is InChI=1S/C54H48N3O15P3/c58-49(25-34-73(64)46-22-10-4-16-40(46)37-13-1-7-19-43(37)70-73)67-31-28-55-52(61)56(29-32-68-50(59)26-35-74(65)47-23-11-5-17-41(47)38-14-2-8-20-44(38)71-74)54(63)57(53(55)62)30-33-69-51(60)27-36-75(66)48-24-12-6-18-42(48)39-15-3-9-21-45(39)72-75/h1-24H,25-36H2. The van der Waals surface area contributed by atoms with E-state index in [0.717, 1.165) is 33.4 Å². The highest BCUT2D eigenvalue weighted by Crippen LogP contribution is 2.57. The smallest absolute Gasteiger partial charge is 0.336 e. The number of hydrogen-bond donors (Lipinski definition) is 0. The van der Waals surface area contributed by atoms with E-state index in [2.05, 4.69) is 0 Å². The lowest BCUT2D eigenvalue weighted by atomic mass is 10.0. The van der Waals surface area contributed by atoms with Gasteiger partial charge in [0.1, 0.15) is 37.1 Å². The Morgan fingerprint density at radius 2 is 0.600 bits per heavy atom. The zero-order valence-electron chi connectivity index (χ0n) is 40.1. The lowest BCUT2D eigenvalue weighted by Crippen LogP contribution is -2.55. The topological polar surface area (TPSA) is 224 Å². The van der Waals surface area contributed by atoms with Crippen LogP contribution in [0.5, 0.6) is 17.2 Å². The molecule has 10 rings (SSSR count). The van der Waals surface area contributed by atoms with Crippen molar-refractivity contribution in [2.45, 2.75) is 38.9 Å². The van der Waals surface area contributed by atoms with Crippen LogP contribution in [0, 0.1) is 0 Å². The van der Waals surface area contributed by atoms with Gasteiger partial charge in [0.25, 0.3) is 22.1 Å². The van der Waals surface area contributed by atoms with E-state index >= 15 is 0 Å². The molecule has 1 aromatic heterocycles. The van der Waals surface area contributed by atoms with E-state index in [1.54, 1.807) is 72.8 Å². The Labute approximate surface area is 428 Å². The number of fused-ring (bicyclic) bond motifs is 9. The summed E-state index contributed by atoms with van der Waals surface area (Å²) >= 11 is 0. The molecular formula is C54H48N3O15P3. The van der Waals surface area contributed by atoms with Gasteiger partial charge in [-0.15, -0.1) is 0 Å². The molecule has 0 radical (unpaired) electrons. The summed E-state index contributed by atoms with van der Waals surface area (Å²) in [5, 5.41) is 1.37. The third-order valence-corrected chi connectivity index (χ3v) is 20.3. The van der Waals surface area contributed by atoms with Gasteiger partial charge in [0, 0.05) is 35.2 Å². The molecule has 0 aliphatic carbocycles. The first-order valence-corrected chi connectivity index (χ1v) is 29.5. The molecule has 3 atom stereocenters. The predicted octanol–water partition coefficient (Wildman–Crippen LogP) is 6.96. The molecule has 3 unspecified atom stereocenters. The molecule has 3 aliphatic heterocycles. The molecule has 21 heteroatoms. The summed E-state index contributed by atoms with van der Waals surface area (Å²) in [6.45, 7) is -3.17. The van der Waals surface area contributed by atoms with Crippen LogP contribution in [0.25, 0.3) is 33.4 Å². The zero-order valence-corrected chi connectivity index (χ0v) is 42.8. The highest BCUT2D eigenvalue weighted by molar-refractivity contribution is 7.68. The Kier molecular flexibility index (Phi) is 14.4. The molecule has 0 bridgehead atoms. The lowest BCUT2D eigenvalue weighted by Gasteiger charge is -2.28. The number of carbonyl (C=O) groups excluding carboxylic acids is 3. The Morgan fingerprint density at radius 3 is 0.880 bits per heavy atom. The van der Waals surface area contributed by atoms with Crippen molar-refractivity contribution < 1.29 is 55.9 Å². The highest BCUT2D eigenvalue weighted by atomic mass is 31.2. The molecule has 18 nitrogen and oxygen atoms in total. The van der Waals surface area contributed by atoms with E-state index in [-0.39, 0.29) is 37.7 Å². The number of nitrogens with zero attached hydrogens (tertiary/aromatic N) is 3. The normalized spacial score (nSPS) is 18.4. The van der Waals surface area contributed by atoms with Crippen molar-refractivity contribution >= 4 is 55.9 Å². The first-order valence-electron chi connectivity index (χ1n) is 24.1. The van der Waals surface area contributed by atoms with Crippen LogP contribution in [-0.2, 0) is 61.9 Å². The van der Waals surface area contributed by atoms with Gasteiger partial charge in [-0.2, -0.15) is 0 Å². The first-order chi connectivity index (χ1) is 36.2. The van der Waals surface area contributed by atoms with E-state index in [0.29, 0.717) is 46.9 Å². The lowest BCUT2D eigenvalue weighted by molar-refractivity contribution is -0.144. The van der Waals surface area contributed by atoms with Gasteiger partial charge in [-0.25, -0.2) is 28.1 Å². The van der Waals surface area contributed by atoms with Gasteiger partial charge in [-0.05, 0) is 53.1 Å². The Balaban J connectivity index is 0.807. The number of para-hydroxylation sites is 3. The minimum Gasteiger partial charge on any atom is -0.464 e. The Hall–Kier alpha value is -7.77. The third kappa shape index (κ3) is 10.3. The van der Waals surface area contributed by atoms with Crippen molar-refractivity contribution in [2.75, 3.05) is 38.3 Å². The van der Waals surface area contributed by atoms with Crippen LogP contribution in [0.3, 0.4) is 0 Å². The van der Waals surface area contributed by atoms with Crippen molar-refractivity contribution in [2.24, 2.45) is 0 Å². The van der Waals surface area contributed by atoms with E-state index in [1.807, 2.05) is 72.8 Å². The molecule has 0 saturated carbocycles. The summed E-state index contributed by atoms with van der Waals surface area (Å²) in [5.74, 6) is -1.16. The van der Waals surface area contributed by atoms with Gasteiger partial charge in [0.2, 0.25) is 0 Å². The Bertz CT molecular complexity index is 3340. The minimum absolute atomic E-state index is 0.204. The fraction of sp³-hybridized carbons (Fsp3) is 0.222. The molecular weight excluding hydrogens is 1020 g/mol. The fourth-order valence-electron chi connectivity index (χ4n) is 9.36. The number of hydrogen-bond acceptors (Lipinski definition) is 15. The van der Waals surface area contributed by atoms with E-state index in [4.69, 9.17) is 27.8 Å². The summed E-state index contributed by atoms with van der Waals surface area (Å²) in [6.07, 6.45) is -1.64. The van der Waals surface area contributed by atoms with Crippen LogP contribution in [0.4, 0.5) is 0 Å². The second kappa shape index (κ2) is 21.2. The molecule has 384 valence electrons. The van der Waals surface area contributed by atoms with Gasteiger partial charge >= 0.3 is 35.0 Å². The molecule has 0 spiro atoms. The minimum atomic E-state index is -3.59. The maximum atomic E-state index is 14.2. The predicted molar refractivity (Wildman–Crippen MR) is 280 cm³/mol. The van der Waals surface area contributed by atoms with Crippen molar-refractivity contribution in [3.05, 3.63) is 177 Å². The van der Waals surface area contributed by atoms with Crippen LogP contribution in [0.1, 0.15) is 19.3 Å². The first kappa shape index (κ1) is 50.7. The van der Waals surface area contributed by atoms with E-state index in [1.165, 1.54) is 0 Å². The van der Waals surface area contributed by atoms with Gasteiger partial charge < -0.3 is 27.8 Å². The highest BCUT2D eigenvalue weighted by Gasteiger charge is 2.39. The molecule has 3 aliphatic rings. The molecule has 0 fully saturated rings. The average molecular weight is 1070 g/mol. The maximum Gasteiger partial charge on any atom is 0.336 e. The largest absolute Gasteiger partial charge is 0.464 e. The summed E-state index contributed by atoms with van der Waals surface area (Å²) in [6, 6.07) is 42.5. The van der Waals surface area contributed by atoms with Crippen molar-refractivity contribution in [1.29, 1.82) is 0 Å². The van der Waals surface area contributed by atoms with E-state index < -0.39 is 96.5 Å². The third-order valence-electron chi connectivity index (χ3n) is 13.0. The fourth-order valence-corrected chi connectivity index (χ4v) is 16.1. The number of rotatable bonds is 18. The summed E-state index contributed by atoms with van der Waals surface area (Å²) in [7, 11) is -10.8. The van der Waals surface area contributed by atoms with Crippen molar-refractivity contribution in [3.63, 3.8) is 0 Å². The molecule has 75 heavy (non-hydrogen) atoms. The number of benzene rings is 6. The van der Waals surface area contributed by atoms with Crippen LogP contribution in [0.15, 0.2) is 160 Å². The molecule has 0 saturated heterocycles. The van der Waals surface area contributed by atoms with Crippen LogP contribution in [-0.4, -0.2) is 69.9 Å². The van der Waals surface area contributed by atoms with Crippen molar-refractivity contribution in [1.82, 2.24) is 13.7 Å². The monoisotopic (exact) mass is 1070 g/mol.